The molecule has 1 aliphatic heterocycles. The molecule has 1 aliphatic rings. The minimum absolute atomic E-state index is 0.747. The maximum atomic E-state index is 5.66. The molecule has 0 radical (unpaired) electrons. The maximum Gasteiger partial charge on any atom is 0.0236 e. The normalized spacial score (nSPS) is 21.7. The van der Waals surface area contributed by atoms with E-state index in [1.807, 2.05) is 0 Å². The van der Waals surface area contributed by atoms with E-state index >= 15 is 0 Å². The second kappa shape index (κ2) is 7.55. The molecule has 18 heavy (non-hydrogen) atoms. The summed E-state index contributed by atoms with van der Waals surface area (Å²) < 4.78 is 0. The molecule has 2 nitrogen and oxygen atoms in total. The van der Waals surface area contributed by atoms with Crippen molar-refractivity contribution < 1.29 is 0 Å². The van der Waals surface area contributed by atoms with Gasteiger partial charge in [-0.25, -0.2) is 0 Å². The van der Waals surface area contributed by atoms with Crippen molar-refractivity contribution in [2.45, 2.75) is 51.1 Å². The molecule has 1 unspecified atom stereocenters. The van der Waals surface area contributed by atoms with Crippen LogP contribution < -0.4 is 5.73 Å². The summed E-state index contributed by atoms with van der Waals surface area (Å²) in [5.41, 5.74) is 7.11. The first-order chi connectivity index (χ1) is 8.90. The molecule has 1 aromatic rings. The highest BCUT2D eigenvalue weighted by molar-refractivity contribution is 5.14. The van der Waals surface area contributed by atoms with Crippen molar-refractivity contribution in [2.75, 3.05) is 13.1 Å². The van der Waals surface area contributed by atoms with Gasteiger partial charge in [-0.1, -0.05) is 43.2 Å². The second-order valence-electron chi connectivity index (χ2n) is 5.39. The highest BCUT2D eigenvalue weighted by Gasteiger charge is 2.20. The van der Waals surface area contributed by atoms with Gasteiger partial charge in [0.1, 0.15) is 0 Å². The zero-order chi connectivity index (χ0) is 12.6. The first-order valence-electron chi connectivity index (χ1n) is 7.38. The molecule has 2 rings (SSSR count). The Labute approximate surface area is 111 Å². The molecule has 100 valence electrons. The Balaban J connectivity index is 1.96. The Kier molecular flexibility index (Phi) is 5.69. The van der Waals surface area contributed by atoms with E-state index in [1.165, 1.54) is 44.2 Å². The Hall–Kier alpha value is -0.860. The Morgan fingerprint density at radius 3 is 2.72 bits per heavy atom. The van der Waals surface area contributed by atoms with E-state index in [-0.39, 0.29) is 0 Å². The molecular weight excluding hydrogens is 220 g/mol. The van der Waals surface area contributed by atoms with Crippen molar-refractivity contribution in [1.82, 2.24) is 4.90 Å². The molecule has 0 saturated carbocycles. The summed E-state index contributed by atoms with van der Waals surface area (Å²) in [6, 6.07) is 11.6. The molecule has 1 atom stereocenters. The summed E-state index contributed by atoms with van der Waals surface area (Å²) in [6.07, 6.45) is 7.92. The van der Waals surface area contributed by atoms with Gasteiger partial charge in [0.15, 0.2) is 0 Å². The fourth-order valence-corrected chi connectivity index (χ4v) is 2.94. The second-order valence-corrected chi connectivity index (χ2v) is 5.39. The predicted octanol–water partition coefficient (Wildman–Crippen LogP) is 3.17. The fraction of sp³-hybridized carbons (Fsp3) is 0.625. The first-order valence-corrected chi connectivity index (χ1v) is 7.38. The molecule has 0 bridgehead atoms. The Morgan fingerprint density at radius 2 is 1.94 bits per heavy atom. The van der Waals surface area contributed by atoms with Gasteiger partial charge in [-0.2, -0.15) is 0 Å². The van der Waals surface area contributed by atoms with Crippen molar-refractivity contribution >= 4 is 0 Å². The zero-order valence-corrected chi connectivity index (χ0v) is 11.4. The standard InChI is InChI=1S/C16H26N2/c17-12-7-11-16-10-5-2-6-13-18(16)14-15-8-3-1-4-9-15/h1,3-4,8-9,16H,2,5-7,10-14,17H2. The number of hydrogen-bond acceptors (Lipinski definition) is 2. The third-order valence-corrected chi connectivity index (χ3v) is 3.97. The summed E-state index contributed by atoms with van der Waals surface area (Å²) in [5, 5.41) is 0. The number of nitrogens with zero attached hydrogens (tertiary/aromatic N) is 1. The van der Waals surface area contributed by atoms with Crippen molar-refractivity contribution in [1.29, 1.82) is 0 Å². The van der Waals surface area contributed by atoms with Gasteiger partial charge in [0.25, 0.3) is 0 Å². The average molecular weight is 246 g/mol. The lowest BCUT2D eigenvalue weighted by Gasteiger charge is -2.30. The van der Waals surface area contributed by atoms with Crippen LogP contribution in [0.1, 0.15) is 44.1 Å². The molecule has 2 heteroatoms. The van der Waals surface area contributed by atoms with E-state index in [0.717, 1.165) is 25.6 Å². The fourth-order valence-electron chi connectivity index (χ4n) is 2.94. The smallest absolute Gasteiger partial charge is 0.0236 e. The molecule has 1 heterocycles. The molecule has 1 saturated heterocycles. The first kappa shape index (κ1) is 13.6. The van der Waals surface area contributed by atoms with E-state index in [4.69, 9.17) is 5.73 Å². The van der Waals surface area contributed by atoms with Gasteiger partial charge in [-0.05, 0) is 44.3 Å². The number of benzene rings is 1. The van der Waals surface area contributed by atoms with Crippen LogP contribution in [-0.2, 0) is 6.54 Å². The predicted molar refractivity (Wildman–Crippen MR) is 77.4 cm³/mol. The topological polar surface area (TPSA) is 29.3 Å². The molecule has 0 spiro atoms. The van der Waals surface area contributed by atoms with Gasteiger partial charge in [0, 0.05) is 12.6 Å². The van der Waals surface area contributed by atoms with Crippen molar-refractivity contribution in [3.05, 3.63) is 35.9 Å². The zero-order valence-electron chi connectivity index (χ0n) is 11.4. The number of nitrogens with two attached hydrogens (primary N) is 1. The monoisotopic (exact) mass is 246 g/mol. The van der Waals surface area contributed by atoms with Gasteiger partial charge in [-0.3, -0.25) is 4.90 Å². The molecule has 0 aliphatic carbocycles. The minimum Gasteiger partial charge on any atom is -0.330 e. The summed E-state index contributed by atoms with van der Waals surface area (Å²) in [7, 11) is 0. The Bertz CT molecular complexity index is 323. The molecule has 2 N–H and O–H groups in total. The lowest BCUT2D eigenvalue weighted by atomic mass is 10.0. The van der Waals surface area contributed by atoms with E-state index in [0.29, 0.717) is 0 Å². The van der Waals surface area contributed by atoms with Crippen LogP contribution in [0.15, 0.2) is 30.3 Å². The highest BCUT2D eigenvalue weighted by Crippen LogP contribution is 2.22. The largest absolute Gasteiger partial charge is 0.330 e. The quantitative estimate of drug-likeness (QED) is 0.864. The lowest BCUT2D eigenvalue weighted by Crippen LogP contribution is -2.34. The van der Waals surface area contributed by atoms with E-state index < -0.39 is 0 Å². The summed E-state index contributed by atoms with van der Waals surface area (Å²) >= 11 is 0. The third kappa shape index (κ3) is 4.11. The van der Waals surface area contributed by atoms with Gasteiger partial charge >= 0.3 is 0 Å². The van der Waals surface area contributed by atoms with Gasteiger partial charge < -0.3 is 5.73 Å². The number of likely N-dealkylation sites (tertiary alicyclic amines) is 1. The van der Waals surface area contributed by atoms with Crippen LogP contribution in [0.2, 0.25) is 0 Å². The SMILES string of the molecule is NCCCC1CCCCCN1Cc1ccccc1. The van der Waals surface area contributed by atoms with Crippen molar-refractivity contribution in [3.63, 3.8) is 0 Å². The number of rotatable bonds is 5. The van der Waals surface area contributed by atoms with Crippen molar-refractivity contribution in [3.8, 4) is 0 Å². The summed E-state index contributed by atoms with van der Waals surface area (Å²) in [6.45, 7) is 3.19. The van der Waals surface area contributed by atoms with Crippen LogP contribution in [0.5, 0.6) is 0 Å². The molecular formula is C16H26N2. The van der Waals surface area contributed by atoms with Gasteiger partial charge in [-0.15, -0.1) is 0 Å². The van der Waals surface area contributed by atoms with E-state index in [2.05, 4.69) is 35.2 Å². The van der Waals surface area contributed by atoms with Crippen LogP contribution in [0, 0.1) is 0 Å². The molecule has 1 fully saturated rings. The van der Waals surface area contributed by atoms with Crippen LogP contribution in [-0.4, -0.2) is 24.0 Å². The van der Waals surface area contributed by atoms with E-state index in [1.54, 1.807) is 0 Å². The highest BCUT2D eigenvalue weighted by atomic mass is 15.2. The van der Waals surface area contributed by atoms with Crippen LogP contribution in [0.3, 0.4) is 0 Å². The van der Waals surface area contributed by atoms with E-state index in [9.17, 15) is 0 Å². The van der Waals surface area contributed by atoms with Gasteiger partial charge in [0.2, 0.25) is 0 Å². The van der Waals surface area contributed by atoms with Crippen LogP contribution in [0.4, 0.5) is 0 Å². The molecule has 0 aromatic heterocycles. The Morgan fingerprint density at radius 1 is 1.11 bits per heavy atom. The maximum absolute atomic E-state index is 5.66. The van der Waals surface area contributed by atoms with Crippen molar-refractivity contribution in [2.24, 2.45) is 5.73 Å². The molecule has 1 aromatic carbocycles. The van der Waals surface area contributed by atoms with Crippen LogP contribution in [0.25, 0.3) is 0 Å². The average Bonchev–Trinajstić information content (AvgIpc) is 2.63. The summed E-state index contributed by atoms with van der Waals surface area (Å²) in [4.78, 5) is 2.68. The third-order valence-electron chi connectivity index (χ3n) is 3.97. The van der Waals surface area contributed by atoms with Gasteiger partial charge in [0.05, 0.1) is 0 Å². The van der Waals surface area contributed by atoms with Crippen LogP contribution >= 0.6 is 0 Å². The molecule has 0 amide bonds. The lowest BCUT2D eigenvalue weighted by molar-refractivity contribution is 0.179. The minimum atomic E-state index is 0.747. The number of hydrogen-bond donors (Lipinski definition) is 1. The summed E-state index contributed by atoms with van der Waals surface area (Å²) in [5.74, 6) is 0.